The number of carboxylic acid groups (broad SMARTS) is 4. The van der Waals surface area contributed by atoms with Crippen LogP contribution in [-0.4, -0.2) is 92.9 Å². The van der Waals surface area contributed by atoms with Gasteiger partial charge in [-0.25, -0.2) is 4.79 Å². The summed E-state index contributed by atoms with van der Waals surface area (Å²) in [6.07, 6.45) is 2.45. The Morgan fingerprint density at radius 2 is 1.11 bits per heavy atom. The summed E-state index contributed by atoms with van der Waals surface area (Å²) in [5.41, 5.74) is 36.8. The number of primary amides is 1. The van der Waals surface area contributed by atoms with Crippen molar-refractivity contribution < 1.29 is 53.9 Å². The zero-order valence-corrected chi connectivity index (χ0v) is 24.8. The van der Waals surface area contributed by atoms with Gasteiger partial charge in [-0.2, -0.15) is 0 Å². The van der Waals surface area contributed by atoms with Gasteiger partial charge >= 0.3 is 29.8 Å². The SMILES string of the molecule is C[C@H](N)C(=O)O.C[C@H](N)C(=O)O.NC(=O)CC[C@H](N)C(=O)Oc1ccc(C[C@H](N)C(=O)O)cc1.NCCCC[C@H](N)C(=O)O. The van der Waals surface area contributed by atoms with Crippen LogP contribution in [0.3, 0.4) is 0 Å². The lowest BCUT2D eigenvalue weighted by molar-refractivity contribution is -0.139. The van der Waals surface area contributed by atoms with E-state index in [9.17, 15) is 28.8 Å². The first-order chi connectivity index (χ1) is 20.3. The number of amides is 1. The number of carbonyl (C=O) groups excluding carboxylic acids is 2. The Balaban J connectivity index is -0.000000626. The zero-order chi connectivity index (χ0) is 35.0. The number of aliphatic carboxylic acids is 4. The summed E-state index contributed by atoms with van der Waals surface area (Å²) in [6.45, 7) is 3.44. The number of hydrogen-bond donors (Lipinski definition) is 11. The van der Waals surface area contributed by atoms with E-state index in [0.29, 0.717) is 18.5 Å². The summed E-state index contributed by atoms with van der Waals surface area (Å²) in [6, 6.07) is 2.15. The van der Waals surface area contributed by atoms with Crippen LogP contribution in [0.2, 0.25) is 0 Å². The smallest absolute Gasteiger partial charge is 0.328 e. The third-order valence-electron chi connectivity index (χ3n) is 4.98. The van der Waals surface area contributed by atoms with Gasteiger partial charge in [0.25, 0.3) is 0 Å². The van der Waals surface area contributed by atoms with Crippen LogP contribution in [-0.2, 0) is 35.2 Å². The molecule has 44 heavy (non-hydrogen) atoms. The summed E-state index contributed by atoms with van der Waals surface area (Å²) in [5.74, 6) is -4.89. The lowest BCUT2D eigenvalue weighted by atomic mass is 10.1. The van der Waals surface area contributed by atoms with Crippen LogP contribution in [0.25, 0.3) is 0 Å². The zero-order valence-electron chi connectivity index (χ0n) is 24.8. The van der Waals surface area contributed by atoms with Crippen LogP contribution in [0.5, 0.6) is 5.75 Å². The fourth-order valence-corrected chi connectivity index (χ4v) is 2.27. The summed E-state index contributed by atoms with van der Waals surface area (Å²) in [5, 5.41) is 32.8. The molecule has 0 radical (unpaired) electrons. The maximum Gasteiger partial charge on any atom is 0.328 e. The van der Waals surface area contributed by atoms with Gasteiger partial charge in [-0.1, -0.05) is 18.6 Å². The summed E-state index contributed by atoms with van der Waals surface area (Å²) in [7, 11) is 0. The Labute approximate surface area is 254 Å². The van der Waals surface area contributed by atoms with Gasteiger partial charge in [-0.15, -0.1) is 0 Å². The van der Waals surface area contributed by atoms with Crippen molar-refractivity contribution in [3.05, 3.63) is 29.8 Å². The van der Waals surface area contributed by atoms with E-state index in [-0.39, 0.29) is 25.0 Å². The van der Waals surface area contributed by atoms with E-state index in [2.05, 4.69) is 0 Å². The quantitative estimate of drug-likeness (QED) is 0.0540. The molecule has 0 saturated heterocycles. The number of carboxylic acids is 4. The Kier molecular flexibility index (Phi) is 25.5. The fourth-order valence-electron chi connectivity index (χ4n) is 2.27. The highest BCUT2D eigenvalue weighted by Crippen LogP contribution is 2.14. The number of hydrogen-bond acceptors (Lipinski definition) is 13. The maximum atomic E-state index is 11.7. The van der Waals surface area contributed by atoms with Crippen molar-refractivity contribution in [2.24, 2.45) is 40.1 Å². The van der Waals surface area contributed by atoms with E-state index in [1.807, 2.05) is 0 Å². The van der Waals surface area contributed by atoms with E-state index in [1.165, 1.54) is 26.0 Å². The van der Waals surface area contributed by atoms with Gasteiger partial charge in [0.2, 0.25) is 5.91 Å². The van der Waals surface area contributed by atoms with E-state index in [0.717, 1.165) is 12.8 Å². The molecular formula is C26H47N7O11. The van der Waals surface area contributed by atoms with Gasteiger partial charge in [0.05, 0.1) is 0 Å². The molecule has 0 aliphatic carbocycles. The van der Waals surface area contributed by atoms with Crippen LogP contribution >= 0.6 is 0 Å². The van der Waals surface area contributed by atoms with E-state index in [4.69, 9.17) is 65.3 Å². The predicted molar refractivity (Wildman–Crippen MR) is 159 cm³/mol. The Hall–Kier alpha value is -4.20. The van der Waals surface area contributed by atoms with Crippen LogP contribution < -0.4 is 44.9 Å². The molecule has 252 valence electrons. The second-order valence-electron chi connectivity index (χ2n) is 9.31. The highest BCUT2D eigenvalue weighted by molar-refractivity contribution is 5.80. The molecule has 0 spiro atoms. The molecule has 1 aromatic carbocycles. The molecule has 1 rings (SSSR count). The molecule has 0 aromatic heterocycles. The van der Waals surface area contributed by atoms with Crippen LogP contribution in [0.4, 0.5) is 0 Å². The van der Waals surface area contributed by atoms with Gasteiger partial charge in [-0.05, 0) is 63.8 Å². The number of unbranched alkanes of at least 4 members (excludes halogenated alkanes) is 1. The van der Waals surface area contributed by atoms with Crippen molar-refractivity contribution in [3.63, 3.8) is 0 Å². The topological polar surface area (TPSA) is 375 Å². The first kappa shape index (κ1) is 44.2. The minimum atomic E-state index is -1.09. The van der Waals surface area contributed by atoms with Gasteiger partial charge in [0, 0.05) is 6.42 Å². The maximum absolute atomic E-state index is 11.7. The lowest BCUT2D eigenvalue weighted by Gasteiger charge is -2.11. The molecular weight excluding hydrogens is 586 g/mol. The van der Waals surface area contributed by atoms with Crippen LogP contribution in [0.1, 0.15) is 51.5 Å². The van der Waals surface area contributed by atoms with Gasteiger partial charge < -0.3 is 65.3 Å². The minimum absolute atomic E-state index is 0.00226. The van der Waals surface area contributed by atoms with Crippen LogP contribution in [0, 0.1) is 0 Å². The molecule has 18 nitrogen and oxygen atoms in total. The summed E-state index contributed by atoms with van der Waals surface area (Å²) >= 11 is 0. The van der Waals surface area contributed by atoms with E-state index in [1.54, 1.807) is 12.1 Å². The summed E-state index contributed by atoms with van der Waals surface area (Å²) in [4.78, 5) is 62.2. The minimum Gasteiger partial charge on any atom is -0.480 e. The number of esters is 1. The van der Waals surface area contributed by atoms with Gasteiger partial charge in [0.1, 0.15) is 36.0 Å². The third kappa shape index (κ3) is 26.7. The average molecular weight is 634 g/mol. The van der Waals surface area contributed by atoms with Crippen molar-refractivity contribution in [2.45, 2.75) is 82.6 Å². The van der Waals surface area contributed by atoms with Crippen molar-refractivity contribution in [2.75, 3.05) is 6.54 Å². The molecule has 0 aliphatic rings. The first-order valence-electron chi connectivity index (χ1n) is 13.2. The second kappa shape index (κ2) is 25.3. The number of ether oxygens (including phenoxy) is 1. The largest absolute Gasteiger partial charge is 0.480 e. The molecule has 0 unspecified atom stereocenters. The van der Waals surface area contributed by atoms with Gasteiger partial charge in [0.15, 0.2) is 0 Å². The number of nitrogens with two attached hydrogens (primary N) is 7. The standard InChI is InChI=1S/C14H19N3O5.C6H14N2O2.2C3H7NO2/c15-10(5-6-12(17)18)14(21)22-9-3-1-8(2-4-9)7-11(16)13(19)20;7-4-2-1-3-5(8)6(9)10;2*1-2(4)3(5)6/h1-4,10-11H,5-7,15-16H2,(H2,17,18)(H,19,20);5H,1-4,7-8H2,(H,9,10);2*2H,4H2,1H3,(H,5,6)/t10-,11-;5-;2*2-/m0000/s1. The number of benzene rings is 1. The molecule has 0 aliphatic heterocycles. The Morgan fingerprint density at radius 1 is 0.682 bits per heavy atom. The second-order valence-corrected chi connectivity index (χ2v) is 9.31. The first-order valence-corrected chi connectivity index (χ1v) is 13.2. The van der Waals surface area contributed by atoms with Crippen molar-refractivity contribution in [3.8, 4) is 5.75 Å². The molecule has 18 heteroatoms. The molecule has 0 heterocycles. The normalized spacial score (nSPS) is 13.3. The Morgan fingerprint density at radius 3 is 1.45 bits per heavy atom. The highest BCUT2D eigenvalue weighted by Gasteiger charge is 2.17. The average Bonchev–Trinajstić information content (AvgIpc) is 2.93. The van der Waals surface area contributed by atoms with E-state index >= 15 is 0 Å². The lowest BCUT2D eigenvalue weighted by Crippen LogP contribution is -2.35. The molecule has 0 fully saturated rings. The number of carbonyl (C=O) groups is 6. The van der Waals surface area contributed by atoms with Crippen molar-refractivity contribution >= 4 is 35.8 Å². The van der Waals surface area contributed by atoms with E-state index < -0.39 is 66.0 Å². The van der Waals surface area contributed by atoms with Crippen LogP contribution in [0.15, 0.2) is 24.3 Å². The van der Waals surface area contributed by atoms with Gasteiger partial charge in [-0.3, -0.25) is 24.0 Å². The fraction of sp³-hybridized carbons (Fsp3) is 0.538. The molecule has 1 amide bonds. The Bertz CT molecular complexity index is 1000. The molecule has 18 N–H and O–H groups in total. The molecule has 0 saturated carbocycles. The highest BCUT2D eigenvalue weighted by atomic mass is 16.5. The molecule has 5 atom stereocenters. The molecule has 1 aromatic rings. The van der Waals surface area contributed by atoms with Crippen molar-refractivity contribution in [1.82, 2.24) is 0 Å². The molecule has 0 bridgehead atoms. The monoisotopic (exact) mass is 633 g/mol. The predicted octanol–water partition coefficient (Wildman–Crippen LogP) is -2.50. The number of rotatable bonds is 15. The van der Waals surface area contributed by atoms with Crippen molar-refractivity contribution in [1.29, 1.82) is 0 Å². The third-order valence-corrected chi connectivity index (χ3v) is 4.98. The summed E-state index contributed by atoms with van der Waals surface area (Å²) < 4.78 is 5.05.